The molecule has 0 aliphatic carbocycles. The van der Waals surface area contributed by atoms with E-state index < -0.39 is 11.9 Å². The normalized spacial score (nSPS) is 11.7. The lowest BCUT2D eigenvalue weighted by Crippen LogP contribution is -2.28. The summed E-state index contributed by atoms with van der Waals surface area (Å²) in [6.07, 6.45) is 0.692. The fraction of sp³-hybridized carbons (Fsp3) is 0.429. The quantitative estimate of drug-likeness (QED) is 0.782. The zero-order chi connectivity index (χ0) is 14.3. The third-order valence-electron chi connectivity index (χ3n) is 2.78. The second-order valence-corrected chi connectivity index (χ2v) is 4.39. The number of aliphatic carboxylic acids is 1. The number of nitrogens with one attached hydrogen (secondary N) is 1. The predicted octanol–water partition coefficient (Wildman–Crippen LogP) is 1.46. The van der Waals surface area contributed by atoms with Crippen LogP contribution in [0.1, 0.15) is 18.9 Å². The Balaban J connectivity index is 2.33. The van der Waals surface area contributed by atoms with Crippen LogP contribution < -0.4 is 10.1 Å². The number of ether oxygens (including phenoxy) is 1. The molecule has 19 heavy (non-hydrogen) atoms. The van der Waals surface area contributed by atoms with E-state index in [0.717, 1.165) is 11.3 Å². The smallest absolute Gasteiger partial charge is 0.306 e. The highest BCUT2D eigenvalue weighted by Gasteiger charge is 2.15. The standard InChI is InChI=1S/C14H19NO4/c1-10(14(17)18)8-13(16)15-7-6-11-4-3-5-12(9-11)19-2/h3-5,9-10H,6-8H2,1-2H3,(H,15,16)(H,17,18). The van der Waals surface area contributed by atoms with Gasteiger partial charge in [0.2, 0.25) is 5.91 Å². The lowest BCUT2D eigenvalue weighted by Gasteiger charge is -2.08. The molecule has 0 heterocycles. The molecule has 0 aliphatic rings. The zero-order valence-electron chi connectivity index (χ0n) is 11.2. The maximum atomic E-state index is 11.5. The summed E-state index contributed by atoms with van der Waals surface area (Å²) in [5.74, 6) is -1.07. The van der Waals surface area contributed by atoms with Crippen molar-refractivity contribution in [3.8, 4) is 5.75 Å². The van der Waals surface area contributed by atoms with Gasteiger partial charge in [0.15, 0.2) is 0 Å². The van der Waals surface area contributed by atoms with Crippen LogP contribution in [0, 0.1) is 5.92 Å². The minimum Gasteiger partial charge on any atom is -0.497 e. The Labute approximate surface area is 112 Å². The molecule has 1 aromatic rings. The number of benzene rings is 1. The second-order valence-electron chi connectivity index (χ2n) is 4.39. The van der Waals surface area contributed by atoms with Gasteiger partial charge in [-0.05, 0) is 24.1 Å². The molecule has 0 bridgehead atoms. The highest BCUT2D eigenvalue weighted by molar-refractivity contribution is 5.81. The van der Waals surface area contributed by atoms with Crippen LogP contribution in [0.25, 0.3) is 0 Å². The molecule has 5 nitrogen and oxygen atoms in total. The highest BCUT2D eigenvalue weighted by atomic mass is 16.5. The molecule has 0 fully saturated rings. The van der Waals surface area contributed by atoms with Crippen LogP contribution in [0.5, 0.6) is 5.75 Å². The Bertz CT molecular complexity index is 445. The molecule has 104 valence electrons. The van der Waals surface area contributed by atoms with E-state index in [4.69, 9.17) is 9.84 Å². The lowest BCUT2D eigenvalue weighted by molar-refractivity contribution is -0.143. The number of carbonyl (C=O) groups is 2. The summed E-state index contributed by atoms with van der Waals surface area (Å²) in [5, 5.41) is 11.4. The van der Waals surface area contributed by atoms with Crippen molar-refractivity contribution in [2.45, 2.75) is 19.8 Å². The fourth-order valence-electron chi connectivity index (χ4n) is 1.61. The molecule has 1 atom stereocenters. The number of rotatable bonds is 7. The van der Waals surface area contributed by atoms with Gasteiger partial charge in [0, 0.05) is 13.0 Å². The van der Waals surface area contributed by atoms with Crippen molar-refractivity contribution in [3.63, 3.8) is 0 Å². The minimum atomic E-state index is -0.956. The van der Waals surface area contributed by atoms with Gasteiger partial charge in [-0.2, -0.15) is 0 Å². The topological polar surface area (TPSA) is 75.6 Å². The van der Waals surface area contributed by atoms with Crippen LogP contribution in [0.2, 0.25) is 0 Å². The fourth-order valence-corrected chi connectivity index (χ4v) is 1.61. The molecule has 0 radical (unpaired) electrons. The first-order valence-electron chi connectivity index (χ1n) is 6.15. The summed E-state index contributed by atoms with van der Waals surface area (Å²) in [7, 11) is 1.61. The first-order chi connectivity index (χ1) is 9.02. The minimum absolute atomic E-state index is 0.00739. The van der Waals surface area contributed by atoms with E-state index in [2.05, 4.69) is 5.32 Å². The lowest BCUT2D eigenvalue weighted by atomic mass is 10.1. The van der Waals surface area contributed by atoms with Crippen molar-refractivity contribution >= 4 is 11.9 Å². The van der Waals surface area contributed by atoms with Crippen molar-refractivity contribution in [3.05, 3.63) is 29.8 Å². The summed E-state index contributed by atoms with van der Waals surface area (Å²) in [5.41, 5.74) is 1.06. The van der Waals surface area contributed by atoms with Gasteiger partial charge >= 0.3 is 5.97 Å². The number of carboxylic acid groups (broad SMARTS) is 1. The largest absolute Gasteiger partial charge is 0.497 e. The molecule has 1 aromatic carbocycles. The summed E-state index contributed by atoms with van der Waals surface area (Å²) in [6.45, 7) is 2.00. The number of amides is 1. The number of carbonyl (C=O) groups excluding carboxylic acids is 1. The van der Waals surface area contributed by atoms with Gasteiger partial charge in [-0.3, -0.25) is 9.59 Å². The summed E-state index contributed by atoms with van der Waals surface area (Å²) in [4.78, 5) is 22.1. The van der Waals surface area contributed by atoms with E-state index in [1.807, 2.05) is 24.3 Å². The van der Waals surface area contributed by atoms with E-state index >= 15 is 0 Å². The van der Waals surface area contributed by atoms with E-state index in [1.165, 1.54) is 6.92 Å². The monoisotopic (exact) mass is 265 g/mol. The third-order valence-corrected chi connectivity index (χ3v) is 2.78. The van der Waals surface area contributed by atoms with E-state index in [9.17, 15) is 9.59 Å². The Morgan fingerprint density at radius 2 is 2.16 bits per heavy atom. The first kappa shape index (κ1) is 15.0. The molecule has 0 aromatic heterocycles. The molecule has 1 unspecified atom stereocenters. The molecule has 1 rings (SSSR count). The van der Waals surface area contributed by atoms with Gasteiger partial charge in [0.1, 0.15) is 5.75 Å². The summed E-state index contributed by atoms with van der Waals surface area (Å²) >= 11 is 0. The van der Waals surface area contributed by atoms with Crippen LogP contribution in [0.3, 0.4) is 0 Å². The number of hydrogen-bond acceptors (Lipinski definition) is 3. The second kappa shape index (κ2) is 7.41. The van der Waals surface area contributed by atoms with Crippen LogP contribution >= 0.6 is 0 Å². The van der Waals surface area contributed by atoms with Crippen molar-refractivity contribution in [1.29, 1.82) is 0 Å². The SMILES string of the molecule is COc1cccc(CCNC(=O)CC(C)C(=O)O)c1. The van der Waals surface area contributed by atoms with Crippen molar-refractivity contribution in [2.75, 3.05) is 13.7 Å². The van der Waals surface area contributed by atoms with Crippen molar-refractivity contribution < 1.29 is 19.4 Å². The molecule has 5 heteroatoms. The first-order valence-corrected chi connectivity index (χ1v) is 6.15. The Morgan fingerprint density at radius 3 is 2.79 bits per heavy atom. The summed E-state index contributed by atoms with van der Waals surface area (Å²) in [6, 6.07) is 7.61. The van der Waals surface area contributed by atoms with Gasteiger partial charge in [-0.15, -0.1) is 0 Å². The number of carboxylic acids is 1. The molecule has 2 N–H and O–H groups in total. The Morgan fingerprint density at radius 1 is 1.42 bits per heavy atom. The molecule has 1 amide bonds. The molecule has 0 aliphatic heterocycles. The molecular formula is C14H19NO4. The van der Waals surface area contributed by atoms with Gasteiger partial charge < -0.3 is 15.2 Å². The van der Waals surface area contributed by atoms with Gasteiger partial charge in [-0.25, -0.2) is 0 Å². The van der Waals surface area contributed by atoms with E-state index in [1.54, 1.807) is 7.11 Å². The van der Waals surface area contributed by atoms with Crippen molar-refractivity contribution in [2.24, 2.45) is 5.92 Å². The average molecular weight is 265 g/mol. The van der Waals surface area contributed by atoms with E-state index in [0.29, 0.717) is 13.0 Å². The molecular weight excluding hydrogens is 246 g/mol. The van der Waals surface area contributed by atoms with Crippen LogP contribution in [0.4, 0.5) is 0 Å². The number of hydrogen-bond donors (Lipinski definition) is 2. The van der Waals surface area contributed by atoms with Gasteiger partial charge in [-0.1, -0.05) is 19.1 Å². The van der Waals surface area contributed by atoms with Crippen LogP contribution in [-0.4, -0.2) is 30.6 Å². The van der Waals surface area contributed by atoms with Gasteiger partial charge in [0.25, 0.3) is 0 Å². The molecule has 0 saturated heterocycles. The predicted molar refractivity (Wildman–Crippen MR) is 71.1 cm³/mol. The average Bonchev–Trinajstić information content (AvgIpc) is 2.38. The zero-order valence-corrected chi connectivity index (χ0v) is 11.2. The molecule has 0 spiro atoms. The van der Waals surface area contributed by atoms with Gasteiger partial charge in [0.05, 0.1) is 13.0 Å². The van der Waals surface area contributed by atoms with E-state index in [-0.39, 0.29) is 12.3 Å². The maximum absolute atomic E-state index is 11.5. The molecule has 0 saturated carbocycles. The number of methoxy groups -OCH3 is 1. The Kier molecular flexibility index (Phi) is 5.85. The van der Waals surface area contributed by atoms with Crippen LogP contribution in [0.15, 0.2) is 24.3 Å². The third kappa shape index (κ3) is 5.42. The highest BCUT2D eigenvalue weighted by Crippen LogP contribution is 2.12. The van der Waals surface area contributed by atoms with Crippen molar-refractivity contribution in [1.82, 2.24) is 5.32 Å². The van der Waals surface area contributed by atoms with Crippen LogP contribution in [-0.2, 0) is 16.0 Å². The maximum Gasteiger partial charge on any atom is 0.306 e. The summed E-state index contributed by atoms with van der Waals surface area (Å²) < 4.78 is 5.11. The Hall–Kier alpha value is -2.04.